The number of nitrogens with zero attached hydrogens (tertiary/aromatic N) is 1. The van der Waals surface area contributed by atoms with Gasteiger partial charge in [0.1, 0.15) is 0 Å². The van der Waals surface area contributed by atoms with E-state index in [9.17, 15) is 8.42 Å². The van der Waals surface area contributed by atoms with Crippen molar-refractivity contribution in [1.29, 1.82) is 0 Å². The smallest absolute Gasteiger partial charge is 0.243 e. The molecular formula is C14H22N2O3S. The Balaban J connectivity index is 2.38. The van der Waals surface area contributed by atoms with Crippen molar-refractivity contribution in [3.8, 4) is 0 Å². The molecule has 0 radical (unpaired) electrons. The van der Waals surface area contributed by atoms with Crippen LogP contribution in [0.15, 0.2) is 23.1 Å². The molecule has 1 aliphatic rings. The molecule has 5 nitrogen and oxygen atoms in total. The SMILES string of the molecule is CCN(CCCO)S(=O)(=O)c1cccc2c1CCCN2. The summed E-state index contributed by atoms with van der Waals surface area (Å²) in [6.07, 6.45) is 2.19. The molecule has 0 fully saturated rings. The first-order valence-electron chi connectivity index (χ1n) is 7.08. The van der Waals surface area contributed by atoms with Gasteiger partial charge in [-0.1, -0.05) is 13.0 Å². The summed E-state index contributed by atoms with van der Waals surface area (Å²) in [7, 11) is -3.48. The Bertz CT molecular complexity index is 558. The van der Waals surface area contributed by atoms with E-state index >= 15 is 0 Å². The second-order valence-corrected chi connectivity index (χ2v) is 6.79. The molecule has 0 aliphatic carbocycles. The van der Waals surface area contributed by atoms with Gasteiger partial charge in [-0.15, -0.1) is 0 Å². The highest BCUT2D eigenvalue weighted by Crippen LogP contribution is 2.30. The summed E-state index contributed by atoms with van der Waals surface area (Å²) >= 11 is 0. The van der Waals surface area contributed by atoms with Crippen molar-refractivity contribution in [3.05, 3.63) is 23.8 Å². The lowest BCUT2D eigenvalue weighted by molar-refractivity contribution is 0.271. The predicted molar refractivity (Wildman–Crippen MR) is 79.4 cm³/mol. The largest absolute Gasteiger partial charge is 0.396 e. The van der Waals surface area contributed by atoms with Crippen molar-refractivity contribution in [3.63, 3.8) is 0 Å². The molecule has 0 saturated carbocycles. The lowest BCUT2D eigenvalue weighted by Gasteiger charge is -2.25. The Labute approximate surface area is 120 Å². The minimum absolute atomic E-state index is 0.000469. The van der Waals surface area contributed by atoms with E-state index < -0.39 is 10.0 Å². The molecule has 0 bridgehead atoms. The number of anilines is 1. The molecule has 0 saturated heterocycles. The second kappa shape index (κ2) is 6.56. The number of aliphatic hydroxyl groups is 1. The van der Waals surface area contributed by atoms with Crippen LogP contribution >= 0.6 is 0 Å². The number of sulfonamides is 1. The average molecular weight is 298 g/mol. The summed E-state index contributed by atoms with van der Waals surface area (Å²) in [5, 5.41) is 12.2. The fourth-order valence-corrected chi connectivity index (χ4v) is 4.31. The number of hydrogen-bond acceptors (Lipinski definition) is 4. The standard InChI is InChI=1S/C14H22N2O3S/c1-2-16(10-5-11-17)20(18,19)14-8-3-7-13-12(14)6-4-9-15-13/h3,7-8,15,17H,2,4-6,9-11H2,1H3. The molecule has 0 aromatic heterocycles. The van der Waals surface area contributed by atoms with Gasteiger partial charge in [0.15, 0.2) is 0 Å². The normalized spacial score (nSPS) is 14.9. The third kappa shape index (κ3) is 2.97. The lowest BCUT2D eigenvalue weighted by Crippen LogP contribution is -2.33. The van der Waals surface area contributed by atoms with Crippen molar-refractivity contribution in [2.45, 2.75) is 31.1 Å². The molecule has 1 aliphatic heterocycles. The Morgan fingerprint density at radius 2 is 2.20 bits per heavy atom. The maximum atomic E-state index is 12.8. The van der Waals surface area contributed by atoms with Crippen LogP contribution in [0.1, 0.15) is 25.3 Å². The van der Waals surface area contributed by atoms with Crippen molar-refractivity contribution in [2.24, 2.45) is 0 Å². The van der Waals surface area contributed by atoms with Crippen LogP contribution in [0.25, 0.3) is 0 Å². The van der Waals surface area contributed by atoms with Gasteiger partial charge in [-0.25, -0.2) is 8.42 Å². The minimum atomic E-state index is -3.48. The van der Waals surface area contributed by atoms with E-state index in [0.29, 0.717) is 24.4 Å². The molecule has 1 aromatic carbocycles. The Morgan fingerprint density at radius 1 is 1.40 bits per heavy atom. The third-order valence-electron chi connectivity index (χ3n) is 3.59. The molecule has 20 heavy (non-hydrogen) atoms. The number of hydrogen-bond donors (Lipinski definition) is 2. The highest BCUT2D eigenvalue weighted by molar-refractivity contribution is 7.89. The van der Waals surface area contributed by atoms with Crippen LogP contribution in [0, 0.1) is 0 Å². The first-order valence-corrected chi connectivity index (χ1v) is 8.52. The van der Waals surface area contributed by atoms with Crippen molar-refractivity contribution < 1.29 is 13.5 Å². The van der Waals surface area contributed by atoms with Crippen molar-refractivity contribution in [1.82, 2.24) is 4.31 Å². The molecule has 0 spiro atoms. The summed E-state index contributed by atoms with van der Waals surface area (Å²) in [6.45, 7) is 3.48. The molecular weight excluding hydrogens is 276 g/mol. The molecule has 0 amide bonds. The topological polar surface area (TPSA) is 69.6 Å². The molecule has 112 valence electrons. The van der Waals surface area contributed by atoms with Gasteiger partial charge >= 0.3 is 0 Å². The summed E-state index contributed by atoms with van der Waals surface area (Å²) in [6, 6.07) is 5.39. The molecule has 1 aromatic rings. The van der Waals surface area contributed by atoms with Crippen LogP contribution in [0.4, 0.5) is 5.69 Å². The quantitative estimate of drug-likeness (QED) is 0.834. The zero-order valence-corrected chi connectivity index (χ0v) is 12.6. The first-order chi connectivity index (χ1) is 9.61. The van der Waals surface area contributed by atoms with Crippen LogP contribution in [0.2, 0.25) is 0 Å². The molecule has 0 atom stereocenters. The first kappa shape index (κ1) is 15.3. The Hall–Kier alpha value is -1.11. The number of rotatable bonds is 6. The molecule has 2 N–H and O–H groups in total. The van der Waals surface area contributed by atoms with Gasteiger partial charge in [-0.3, -0.25) is 0 Å². The van der Waals surface area contributed by atoms with Gasteiger partial charge in [0, 0.05) is 31.9 Å². The van der Waals surface area contributed by atoms with E-state index in [1.165, 1.54) is 4.31 Å². The second-order valence-electron chi connectivity index (χ2n) is 4.89. The molecule has 2 rings (SSSR count). The Morgan fingerprint density at radius 3 is 2.90 bits per heavy atom. The average Bonchev–Trinajstić information content (AvgIpc) is 2.47. The van der Waals surface area contributed by atoms with E-state index in [1.807, 2.05) is 13.0 Å². The van der Waals surface area contributed by atoms with E-state index in [1.54, 1.807) is 12.1 Å². The summed E-state index contributed by atoms with van der Waals surface area (Å²) in [5.41, 5.74) is 1.82. The number of fused-ring (bicyclic) bond motifs is 1. The van der Waals surface area contributed by atoms with Gasteiger partial charge < -0.3 is 10.4 Å². The fourth-order valence-electron chi connectivity index (χ4n) is 2.55. The van der Waals surface area contributed by atoms with Crippen molar-refractivity contribution >= 4 is 15.7 Å². The van der Waals surface area contributed by atoms with Crippen molar-refractivity contribution in [2.75, 3.05) is 31.6 Å². The van der Waals surface area contributed by atoms with E-state index in [-0.39, 0.29) is 6.61 Å². The summed E-state index contributed by atoms with van der Waals surface area (Å²) < 4.78 is 27.0. The zero-order valence-electron chi connectivity index (χ0n) is 11.8. The van der Waals surface area contributed by atoms with E-state index in [2.05, 4.69) is 5.32 Å². The van der Waals surface area contributed by atoms with Crippen LogP contribution in [-0.2, 0) is 16.4 Å². The molecule has 6 heteroatoms. The zero-order chi connectivity index (χ0) is 14.6. The minimum Gasteiger partial charge on any atom is -0.396 e. The number of aliphatic hydroxyl groups excluding tert-OH is 1. The van der Waals surface area contributed by atoms with Crippen LogP contribution in [-0.4, -0.2) is 44.1 Å². The van der Waals surface area contributed by atoms with Gasteiger partial charge in [-0.2, -0.15) is 4.31 Å². The summed E-state index contributed by atoms with van der Waals surface area (Å²) in [5.74, 6) is 0. The molecule has 0 unspecified atom stereocenters. The Kier molecular flexibility index (Phi) is 5.01. The number of benzene rings is 1. The maximum absolute atomic E-state index is 12.8. The monoisotopic (exact) mass is 298 g/mol. The van der Waals surface area contributed by atoms with Gasteiger partial charge in [0.05, 0.1) is 4.90 Å². The third-order valence-corrected chi connectivity index (χ3v) is 5.65. The highest BCUT2D eigenvalue weighted by Gasteiger charge is 2.27. The predicted octanol–water partition coefficient (Wildman–Crippen LogP) is 1.44. The fraction of sp³-hybridized carbons (Fsp3) is 0.571. The highest BCUT2D eigenvalue weighted by atomic mass is 32.2. The molecule has 1 heterocycles. The maximum Gasteiger partial charge on any atom is 0.243 e. The lowest BCUT2D eigenvalue weighted by atomic mass is 10.0. The van der Waals surface area contributed by atoms with E-state index in [4.69, 9.17) is 5.11 Å². The van der Waals surface area contributed by atoms with Crippen LogP contribution in [0.3, 0.4) is 0 Å². The van der Waals surface area contributed by atoms with Gasteiger partial charge in [-0.05, 0) is 37.0 Å². The van der Waals surface area contributed by atoms with Crippen LogP contribution in [0.5, 0.6) is 0 Å². The van der Waals surface area contributed by atoms with Gasteiger partial charge in [0.2, 0.25) is 10.0 Å². The summed E-state index contributed by atoms with van der Waals surface area (Å²) in [4.78, 5) is 0.405. The number of nitrogens with one attached hydrogen (secondary N) is 1. The van der Waals surface area contributed by atoms with Gasteiger partial charge in [0.25, 0.3) is 0 Å². The van der Waals surface area contributed by atoms with Crippen LogP contribution < -0.4 is 5.32 Å². The van der Waals surface area contributed by atoms with E-state index in [0.717, 1.165) is 30.6 Å².